The Morgan fingerprint density at radius 1 is 1.32 bits per heavy atom. The predicted molar refractivity (Wildman–Crippen MR) is 111 cm³/mol. The minimum absolute atomic E-state index is 0. The molecule has 144 valence electrons. The molecule has 0 saturated carbocycles. The number of hydrogen-bond acceptors (Lipinski definition) is 5. The van der Waals surface area contributed by atoms with E-state index in [0.29, 0.717) is 12.5 Å². The van der Waals surface area contributed by atoms with Crippen LogP contribution in [0.3, 0.4) is 0 Å². The van der Waals surface area contributed by atoms with Crippen molar-refractivity contribution in [3.8, 4) is 0 Å². The molecule has 1 aliphatic rings. The Balaban J connectivity index is 0.00000312. The minimum atomic E-state index is 0. The average Bonchev–Trinajstić information content (AvgIpc) is 3.05. The van der Waals surface area contributed by atoms with Crippen molar-refractivity contribution in [1.82, 2.24) is 20.7 Å². The van der Waals surface area contributed by atoms with Gasteiger partial charge in [-0.05, 0) is 32.9 Å². The van der Waals surface area contributed by atoms with E-state index in [1.807, 2.05) is 6.07 Å². The molecule has 0 aliphatic carbocycles. The van der Waals surface area contributed by atoms with Crippen LogP contribution >= 0.6 is 24.0 Å². The lowest BCUT2D eigenvalue weighted by molar-refractivity contribution is -0.00501. The van der Waals surface area contributed by atoms with Gasteiger partial charge in [0.25, 0.3) is 0 Å². The van der Waals surface area contributed by atoms with E-state index in [0.717, 1.165) is 50.0 Å². The molecule has 0 amide bonds. The number of rotatable bonds is 6. The van der Waals surface area contributed by atoms with Crippen molar-refractivity contribution in [2.45, 2.75) is 44.7 Å². The third kappa shape index (κ3) is 6.10. The fourth-order valence-corrected chi connectivity index (χ4v) is 2.86. The zero-order chi connectivity index (χ0) is 17.6. The minimum Gasteiger partial charge on any atom is -0.381 e. The molecule has 1 aromatic rings. The number of aromatic nitrogens is 1. The third-order valence-electron chi connectivity index (χ3n) is 4.78. The molecule has 1 aliphatic heterocycles. The summed E-state index contributed by atoms with van der Waals surface area (Å²) in [6.45, 7) is 7.21. The van der Waals surface area contributed by atoms with E-state index < -0.39 is 0 Å². The molecule has 0 aromatic carbocycles. The maximum absolute atomic E-state index is 5.52. The largest absolute Gasteiger partial charge is 0.381 e. The number of ether oxygens (including phenoxy) is 1. The number of aliphatic imine (C=N–C) groups is 1. The van der Waals surface area contributed by atoms with Crippen LogP contribution in [-0.2, 0) is 11.3 Å². The third-order valence-corrected chi connectivity index (χ3v) is 4.78. The summed E-state index contributed by atoms with van der Waals surface area (Å²) < 4.78 is 10.9. The van der Waals surface area contributed by atoms with E-state index in [2.05, 4.69) is 53.6 Å². The summed E-state index contributed by atoms with van der Waals surface area (Å²) in [4.78, 5) is 6.60. The van der Waals surface area contributed by atoms with Crippen molar-refractivity contribution in [2.75, 3.05) is 40.9 Å². The number of halogens is 1. The maximum atomic E-state index is 5.52. The summed E-state index contributed by atoms with van der Waals surface area (Å²) in [5.74, 6) is 1.95. The quantitative estimate of drug-likeness (QED) is 0.381. The van der Waals surface area contributed by atoms with Crippen molar-refractivity contribution < 1.29 is 9.26 Å². The van der Waals surface area contributed by atoms with Crippen LogP contribution in [0.25, 0.3) is 0 Å². The van der Waals surface area contributed by atoms with Crippen molar-refractivity contribution in [3.63, 3.8) is 0 Å². The van der Waals surface area contributed by atoms with Crippen LogP contribution in [0.1, 0.15) is 44.1 Å². The molecule has 0 unspecified atom stereocenters. The van der Waals surface area contributed by atoms with Crippen LogP contribution in [0.15, 0.2) is 15.6 Å². The van der Waals surface area contributed by atoms with Gasteiger partial charge in [0, 0.05) is 38.4 Å². The summed E-state index contributed by atoms with van der Waals surface area (Å²) in [6.07, 6.45) is 2.04. The summed E-state index contributed by atoms with van der Waals surface area (Å²) in [7, 11) is 6.04. The molecule has 0 radical (unpaired) electrons. The van der Waals surface area contributed by atoms with E-state index in [1.54, 1.807) is 7.05 Å². The van der Waals surface area contributed by atoms with Crippen molar-refractivity contribution in [1.29, 1.82) is 0 Å². The molecule has 1 saturated heterocycles. The summed E-state index contributed by atoms with van der Waals surface area (Å²) in [5, 5.41) is 10.8. The summed E-state index contributed by atoms with van der Waals surface area (Å²) in [5.41, 5.74) is 1.08. The molecular weight excluding hydrogens is 433 g/mol. The lowest BCUT2D eigenvalue weighted by Gasteiger charge is -2.43. The molecular formula is C17H32IN5O2. The number of nitrogens with zero attached hydrogens (tertiary/aromatic N) is 3. The van der Waals surface area contributed by atoms with Crippen molar-refractivity contribution >= 4 is 29.9 Å². The van der Waals surface area contributed by atoms with Crippen LogP contribution in [0.2, 0.25) is 0 Å². The van der Waals surface area contributed by atoms with Crippen LogP contribution in [-0.4, -0.2) is 62.5 Å². The van der Waals surface area contributed by atoms with Gasteiger partial charge in [-0.3, -0.25) is 4.99 Å². The van der Waals surface area contributed by atoms with Crippen molar-refractivity contribution in [2.24, 2.45) is 4.99 Å². The Hall–Kier alpha value is -0.870. The molecule has 0 bridgehead atoms. The Bertz CT molecular complexity index is 539. The van der Waals surface area contributed by atoms with E-state index in [9.17, 15) is 0 Å². The van der Waals surface area contributed by atoms with Gasteiger partial charge in [-0.2, -0.15) is 0 Å². The second-order valence-electron chi connectivity index (χ2n) is 6.88. The van der Waals surface area contributed by atoms with Crippen molar-refractivity contribution in [3.05, 3.63) is 17.5 Å². The van der Waals surface area contributed by atoms with Gasteiger partial charge >= 0.3 is 0 Å². The zero-order valence-electron chi connectivity index (χ0n) is 16.0. The second-order valence-corrected chi connectivity index (χ2v) is 6.88. The Labute approximate surface area is 168 Å². The second kappa shape index (κ2) is 10.3. The first-order valence-electron chi connectivity index (χ1n) is 8.62. The molecule has 25 heavy (non-hydrogen) atoms. The fraction of sp³-hybridized carbons (Fsp3) is 0.765. The molecule has 7 nitrogen and oxygen atoms in total. The summed E-state index contributed by atoms with van der Waals surface area (Å²) in [6, 6.07) is 1.99. The van der Waals surface area contributed by atoms with Gasteiger partial charge in [0.1, 0.15) is 0 Å². The average molecular weight is 465 g/mol. The van der Waals surface area contributed by atoms with E-state index in [4.69, 9.17) is 9.26 Å². The highest BCUT2D eigenvalue weighted by Crippen LogP contribution is 2.25. The number of likely N-dealkylation sites (N-methyl/N-ethyl adjacent to an activating group) is 1. The smallest absolute Gasteiger partial charge is 0.191 e. The SMILES string of the molecule is CN=C(NCc1cc(C(C)C)no1)NCC1(N(C)C)CCOCC1.I. The zero-order valence-corrected chi connectivity index (χ0v) is 18.3. The first-order valence-corrected chi connectivity index (χ1v) is 8.62. The van der Waals surface area contributed by atoms with E-state index >= 15 is 0 Å². The van der Waals surface area contributed by atoms with Crippen LogP contribution in [0.4, 0.5) is 0 Å². The number of hydrogen-bond donors (Lipinski definition) is 2. The highest BCUT2D eigenvalue weighted by atomic mass is 127. The highest BCUT2D eigenvalue weighted by Gasteiger charge is 2.34. The van der Waals surface area contributed by atoms with Gasteiger partial charge in [-0.15, -0.1) is 24.0 Å². The van der Waals surface area contributed by atoms with Crippen LogP contribution < -0.4 is 10.6 Å². The fourth-order valence-electron chi connectivity index (χ4n) is 2.86. The predicted octanol–water partition coefficient (Wildman–Crippen LogP) is 2.19. The maximum Gasteiger partial charge on any atom is 0.191 e. The van der Waals surface area contributed by atoms with Gasteiger partial charge < -0.3 is 24.8 Å². The van der Waals surface area contributed by atoms with Crippen LogP contribution in [0, 0.1) is 0 Å². The Morgan fingerprint density at radius 3 is 2.52 bits per heavy atom. The first kappa shape index (κ1) is 22.2. The Morgan fingerprint density at radius 2 is 2.00 bits per heavy atom. The normalized spacial score (nSPS) is 17.5. The van der Waals surface area contributed by atoms with Gasteiger partial charge in [0.15, 0.2) is 11.7 Å². The molecule has 1 aromatic heterocycles. The standard InChI is InChI=1S/C17H31N5O2.HI/c1-13(2)15-10-14(24-21-15)11-19-16(18-3)20-12-17(22(4)5)6-8-23-9-7-17;/h10,13H,6-9,11-12H2,1-5H3,(H2,18,19,20);1H. The monoisotopic (exact) mass is 465 g/mol. The highest BCUT2D eigenvalue weighted by molar-refractivity contribution is 14.0. The lowest BCUT2D eigenvalue weighted by Crippen LogP contribution is -2.57. The van der Waals surface area contributed by atoms with Gasteiger partial charge in [-0.1, -0.05) is 19.0 Å². The van der Waals surface area contributed by atoms with Gasteiger partial charge in [-0.25, -0.2) is 0 Å². The van der Waals surface area contributed by atoms with Gasteiger partial charge in [0.2, 0.25) is 0 Å². The first-order chi connectivity index (χ1) is 11.5. The molecule has 8 heteroatoms. The molecule has 2 heterocycles. The topological polar surface area (TPSA) is 74.9 Å². The molecule has 2 rings (SSSR count). The van der Waals surface area contributed by atoms with E-state index in [-0.39, 0.29) is 29.5 Å². The number of nitrogens with one attached hydrogen (secondary N) is 2. The molecule has 0 spiro atoms. The molecule has 2 N–H and O–H groups in total. The van der Waals surface area contributed by atoms with Gasteiger partial charge in [0.05, 0.1) is 12.2 Å². The Kier molecular flexibility index (Phi) is 9.15. The van der Waals surface area contributed by atoms with Crippen LogP contribution in [0.5, 0.6) is 0 Å². The van der Waals surface area contributed by atoms with E-state index in [1.165, 1.54) is 0 Å². The molecule has 0 atom stereocenters. The lowest BCUT2D eigenvalue weighted by atomic mass is 9.88. The number of guanidine groups is 1. The molecule has 1 fully saturated rings. The summed E-state index contributed by atoms with van der Waals surface area (Å²) >= 11 is 0.